The summed E-state index contributed by atoms with van der Waals surface area (Å²) in [5, 5.41) is 22.2. The Labute approximate surface area is 116 Å². The molecule has 0 amide bonds. The lowest BCUT2D eigenvalue weighted by atomic mass is 10.1. The van der Waals surface area contributed by atoms with Crippen molar-refractivity contribution in [3.8, 4) is 11.5 Å². The standard InChI is InChI=1S/C16H20O2Si/c1-9-5-13(6-10(2)15(9)17)19-14-7-11(3)16(18)12(4)8-14/h5-8,17-18H,19H2,1-4H3. The van der Waals surface area contributed by atoms with Gasteiger partial charge in [-0.25, -0.2) is 0 Å². The highest BCUT2D eigenvalue weighted by Gasteiger charge is 2.07. The number of rotatable bonds is 2. The maximum atomic E-state index is 9.80. The van der Waals surface area contributed by atoms with Gasteiger partial charge in [-0.15, -0.1) is 0 Å². The van der Waals surface area contributed by atoms with Crippen LogP contribution in [0.3, 0.4) is 0 Å². The summed E-state index contributed by atoms with van der Waals surface area (Å²) in [5.74, 6) is 0.798. The van der Waals surface area contributed by atoms with Crippen LogP contribution in [0.15, 0.2) is 24.3 Å². The second-order valence-corrected chi connectivity index (χ2v) is 7.32. The Hall–Kier alpha value is -1.74. The van der Waals surface area contributed by atoms with E-state index in [1.165, 1.54) is 10.4 Å². The van der Waals surface area contributed by atoms with E-state index in [0.717, 1.165) is 22.3 Å². The molecule has 0 spiro atoms. The van der Waals surface area contributed by atoms with Gasteiger partial charge in [-0.2, -0.15) is 0 Å². The third kappa shape index (κ3) is 2.82. The van der Waals surface area contributed by atoms with E-state index in [9.17, 15) is 10.2 Å². The predicted molar refractivity (Wildman–Crippen MR) is 83.0 cm³/mol. The van der Waals surface area contributed by atoms with Crippen LogP contribution in [0.2, 0.25) is 0 Å². The summed E-state index contributed by atoms with van der Waals surface area (Å²) in [6.07, 6.45) is 0. The molecule has 0 aliphatic rings. The van der Waals surface area contributed by atoms with E-state index < -0.39 is 9.52 Å². The maximum Gasteiger partial charge on any atom is 0.121 e. The number of hydrogen-bond acceptors (Lipinski definition) is 2. The van der Waals surface area contributed by atoms with Gasteiger partial charge in [0.1, 0.15) is 11.5 Å². The first kappa shape index (κ1) is 13.7. The van der Waals surface area contributed by atoms with E-state index in [-0.39, 0.29) is 0 Å². The van der Waals surface area contributed by atoms with Crippen LogP contribution >= 0.6 is 0 Å². The molecule has 0 atom stereocenters. The van der Waals surface area contributed by atoms with Crippen LogP contribution in [-0.4, -0.2) is 19.7 Å². The molecule has 100 valence electrons. The molecule has 2 aromatic rings. The van der Waals surface area contributed by atoms with Crippen molar-refractivity contribution >= 4 is 19.9 Å². The molecule has 2 rings (SSSR count). The van der Waals surface area contributed by atoms with Gasteiger partial charge in [0.25, 0.3) is 0 Å². The van der Waals surface area contributed by atoms with E-state index >= 15 is 0 Å². The van der Waals surface area contributed by atoms with Gasteiger partial charge in [0.05, 0.1) is 9.52 Å². The smallest absolute Gasteiger partial charge is 0.121 e. The Morgan fingerprint density at radius 3 is 1.16 bits per heavy atom. The van der Waals surface area contributed by atoms with Crippen molar-refractivity contribution in [2.75, 3.05) is 0 Å². The molecule has 2 aromatic carbocycles. The first-order valence-corrected chi connectivity index (χ1v) is 7.88. The summed E-state index contributed by atoms with van der Waals surface area (Å²) >= 11 is 0. The van der Waals surface area contributed by atoms with E-state index in [2.05, 4.69) is 24.3 Å². The fourth-order valence-corrected chi connectivity index (χ4v) is 4.64. The molecule has 0 heterocycles. The molecule has 2 nitrogen and oxygen atoms in total. The van der Waals surface area contributed by atoms with Gasteiger partial charge >= 0.3 is 0 Å². The lowest BCUT2D eigenvalue weighted by Gasteiger charge is -2.10. The SMILES string of the molecule is Cc1cc([SiH2]c2cc(C)c(O)c(C)c2)cc(C)c1O. The number of phenolic OH excluding ortho intramolecular Hbond substituents is 2. The summed E-state index contributed by atoms with van der Waals surface area (Å²) in [5.41, 5.74) is 3.76. The molecule has 0 aromatic heterocycles. The van der Waals surface area contributed by atoms with Crippen molar-refractivity contribution in [1.82, 2.24) is 0 Å². The van der Waals surface area contributed by atoms with E-state index in [1.54, 1.807) is 0 Å². The highest BCUT2D eigenvalue weighted by Crippen LogP contribution is 2.20. The van der Waals surface area contributed by atoms with Gasteiger partial charge < -0.3 is 10.2 Å². The van der Waals surface area contributed by atoms with Crippen LogP contribution < -0.4 is 10.4 Å². The van der Waals surface area contributed by atoms with Crippen molar-refractivity contribution in [2.24, 2.45) is 0 Å². The van der Waals surface area contributed by atoms with Gasteiger partial charge in [0.15, 0.2) is 0 Å². The summed E-state index contributed by atoms with van der Waals surface area (Å²) in [6.45, 7) is 7.75. The van der Waals surface area contributed by atoms with Gasteiger partial charge in [0, 0.05) is 0 Å². The van der Waals surface area contributed by atoms with Crippen molar-refractivity contribution in [3.63, 3.8) is 0 Å². The van der Waals surface area contributed by atoms with Crippen molar-refractivity contribution in [3.05, 3.63) is 46.5 Å². The Balaban J connectivity index is 2.36. The topological polar surface area (TPSA) is 40.5 Å². The molecular formula is C16H20O2Si. The van der Waals surface area contributed by atoms with Crippen molar-refractivity contribution < 1.29 is 10.2 Å². The number of aromatic hydroxyl groups is 2. The minimum absolute atomic E-state index is 0.399. The Morgan fingerprint density at radius 1 is 0.632 bits per heavy atom. The molecule has 0 radical (unpaired) electrons. The molecule has 19 heavy (non-hydrogen) atoms. The average Bonchev–Trinajstić information content (AvgIpc) is 2.33. The van der Waals surface area contributed by atoms with Crippen LogP contribution in [0.5, 0.6) is 11.5 Å². The molecule has 0 bridgehead atoms. The van der Waals surface area contributed by atoms with Gasteiger partial charge in [-0.05, 0) is 49.9 Å². The Kier molecular flexibility index (Phi) is 3.67. The lowest BCUT2D eigenvalue weighted by molar-refractivity contribution is 0.467. The van der Waals surface area contributed by atoms with Crippen LogP contribution in [0.1, 0.15) is 22.3 Å². The fraction of sp³-hybridized carbons (Fsp3) is 0.250. The molecule has 2 N–H and O–H groups in total. The van der Waals surface area contributed by atoms with Crippen LogP contribution in [0.4, 0.5) is 0 Å². The zero-order valence-corrected chi connectivity index (χ0v) is 13.3. The molecule has 0 aliphatic carbocycles. The van der Waals surface area contributed by atoms with Crippen molar-refractivity contribution in [2.45, 2.75) is 27.7 Å². The number of phenols is 2. The minimum atomic E-state index is -0.574. The molecule has 0 saturated heterocycles. The molecule has 0 unspecified atom stereocenters. The number of aryl methyl sites for hydroxylation is 4. The van der Waals surface area contributed by atoms with E-state index in [1.807, 2.05) is 27.7 Å². The van der Waals surface area contributed by atoms with E-state index in [0.29, 0.717) is 11.5 Å². The third-order valence-electron chi connectivity index (χ3n) is 3.51. The summed E-state index contributed by atoms with van der Waals surface area (Å²) in [6, 6.07) is 8.30. The van der Waals surface area contributed by atoms with Crippen molar-refractivity contribution in [1.29, 1.82) is 0 Å². The Bertz CT molecular complexity index is 531. The second kappa shape index (κ2) is 5.09. The van der Waals surface area contributed by atoms with Gasteiger partial charge in [-0.1, -0.05) is 34.6 Å². The van der Waals surface area contributed by atoms with Crippen LogP contribution in [0.25, 0.3) is 0 Å². The second-order valence-electron chi connectivity index (χ2n) is 5.33. The number of benzene rings is 2. The first-order chi connectivity index (χ1) is 8.88. The largest absolute Gasteiger partial charge is 0.507 e. The first-order valence-electron chi connectivity index (χ1n) is 6.46. The molecular weight excluding hydrogens is 252 g/mol. The minimum Gasteiger partial charge on any atom is -0.507 e. The predicted octanol–water partition coefficient (Wildman–Crippen LogP) is 1.45. The molecule has 0 fully saturated rings. The van der Waals surface area contributed by atoms with Gasteiger partial charge in [-0.3, -0.25) is 0 Å². The quantitative estimate of drug-likeness (QED) is 0.813. The number of hydrogen-bond donors (Lipinski definition) is 2. The molecule has 3 heteroatoms. The van der Waals surface area contributed by atoms with Gasteiger partial charge in [0.2, 0.25) is 0 Å². The molecule has 0 aliphatic heterocycles. The average molecular weight is 272 g/mol. The fourth-order valence-electron chi connectivity index (χ4n) is 2.53. The normalized spacial score (nSPS) is 10.7. The van der Waals surface area contributed by atoms with E-state index in [4.69, 9.17) is 0 Å². The third-order valence-corrected chi connectivity index (χ3v) is 5.14. The monoisotopic (exact) mass is 272 g/mol. The van der Waals surface area contributed by atoms with Crippen LogP contribution in [0, 0.1) is 27.7 Å². The highest BCUT2D eigenvalue weighted by atomic mass is 28.2. The van der Waals surface area contributed by atoms with Crippen LogP contribution in [-0.2, 0) is 0 Å². The summed E-state index contributed by atoms with van der Waals surface area (Å²) < 4.78 is 0. The highest BCUT2D eigenvalue weighted by molar-refractivity contribution is 6.67. The molecule has 0 saturated carbocycles. The Morgan fingerprint density at radius 2 is 0.895 bits per heavy atom. The summed E-state index contributed by atoms with van der Waals surface area (Å²) in [7, 11) is -0.574. The zero-order valence-electron chi connectivity index (χ0n) is 11.9. The maximum absolute atomic E-state index is 9.80. The lowest BCUT2D eigenvalue weighted by Crippen LogP contribution is -2.28. The summed E-state index contributed by atoms with van der Waals surface area (Å²) in [4.78, 5) is 0. The zero-order chi connectivity index (χ0) is 14.2.